The van der Waals surface area contributed by atoms with Gasteiger partial charge in [0.05, 0.1) is 5.69 Å². The van der Waals surface area contributed by atoms with E-state index in [-0.39, 0.29) is 45.0 Å². The number of nitrogens with zero attached hydrogens (tertiary/aromatic N) is 3. The molecule has 0 aliphatic carbocycles. The largest absolute Gasteiger partial charge is 0.426 e. The van der Waals surface area contributed by atoms with Gasteiger partial charge < -0.3 is 24.3 Å². The number of nitrogens with one attached hydrogen (secondary N) is 2. The van der Waals surface area contributed by atoms with Crippen molar-refractivity contribution < 1.29 is 47.1 Å². The molecule has 0 radical (unpaired) electrons. The fourth-order valence-electron chi connectivity index (χ4n) is 4.38. The van der Waals surface area contributed by atoms with Crippen LogP contribution in [0.25, 0.3) is 0 Å². The van der Waals surface area contributed by atoms with E-state index in [1.165, 1.54) is 18.4 Å². The van der Waals surface area contributed by atoms with Crippen molar-refractivity contribution in [3.63, 3.8) is 0 Å². The van der Waals surface area contributed by atoms with Crippen LogP contribution < -0.4 is 14.8 Å². The molecule has 20 heteroatoms. The summed E-state index contributed by atoms with van der Waals surface area (Å²) in [5.74, 6) is -1.35. The number of rotatable bonds is 17. The van der Waals surface area contributed by atoms with Gasteiger partial charge in [-0.15, -0.1) is 31.6 Å². The van der Waals surface area contributed by atoms with E-state index in [0.29, 0.717) is 41.6 Å². The molecule has 2 N–H and O–H groups in total. The van der Waals surface area contributed by atoms with Gasteiger partial charge in [0.25, 0.3) is 32.0 Å². The van der Waals surface area contributed by atoms with Gasteiger partial charge in [-0.05, 0) is 63.1 Å². The summed E-state index contributed by atoms with van der Waals surface area (Å²) in [5, 5.41) is 26.6. The van der Waals surface area contributed by atoms with Gasteiger partial charge in [-0.1, -0.05) is 35.7 Å². The van der Waals surface area contributed by atoms with E-state index in [0.717, 1.165) is 11.3 Å². The molecular weight excluding hydrogens is 674 g/mol. The van der Waals surface area contributed by atoms with Crippen molar-refractivity contribution in [3.05, 3.63) is 70.0 Å². The number of carbonyl (C=O) groups excluding carboxylic acids is 2. The molecule has 17 nitrogen and oxygen atoms in total. The lowest BCUT2D eigenvalue weighted by molar-refractivity contribution is -0.790. The average molecular weight is 704 g/mol. The number of anilines is 2. The van der Waals surface area contributed by atoms with Crippen LogP contribution in [0.4, 0.5) is 11.6 Å². The molecule has 250 valence electrons. The summed E-state index contributed by atoms with van der Waals surface area (Å²) in [6, 6.07) is 2.96. The van der Waals surface area contributed by atoms with Crippen molar-refractivity contribution in [1.29, 1.82) is 0 Å². The molecule has 3 aromatic rings. The van der Waals surface area contributed by atoms with Crippen molar-refractivity contribution in [2.24, 2.45) is 0 Å². The molecule has 1 unspecified atom stereocenters. The van der Waals surface area contributed by atoms with Crippen LogP contribution in [0.1, 0.15) is 64.2 Å². The molecule has 0 saturated carbocycles. The van der Waals surface area contributed by atoms with E-state index < -0.39 is 44.8 Å². The van der Waals surface area contributed by atoms with Gasteiger partial charge in [-0.3, -0.25) is 9.59 Å². The number of benzene rings is 1. The summed E-state index contributed by atoms with van der Waals surface area (Å²) < 4.78 is 38.9. The van der Waals surface area contributed by atoms with Gasteiger partial charge in [0, 0.05) is 12.0 Å². The van der Waals surface area contributed by atoms with Crippen LogP contribution in [0.15, 0.2) is 26.9 Å². The minimum Gasteiger partial charge on any atom is -0.426 e. The number of sulfonamides is 1. The maximum atomic E-state index is 13.3. The molecule has 0 aliphatic heterocycles. The quantitative estimate of drug-likeness (QED) is 0.0596. The van der Waals surface area contributed by atoms with Crippen molar-refractivity contribution in [3.8, 4) is 5.75 Å². The Kier molecular flexibility index (Phi) is 12.3. The van der Waals surface area contributed by atoms with E-state index in [1.807, 2.05) is 0 Å². The second kappa shape index (κ2) is 15.7. The van der Waals surface area contributed by atoms with Crippen LogP contribution in [0, 0.1) is 47.9 Å². The first-order valence-electron chi connectivity index (χ1n) is 13.5. The molecule has 2 heterocycles. The standard InChI is InChI=1S/C26H30ClN5O12S2/c1-14-12-15(2)23(42-20(33)9-7-5-6-8-18(44-32(37)38)13-41-31(35)36)16(3)22(14)28-25(34)24-19(10-11-45-24)46(39,40)30-26-21(27)17(4)29-43-26/h10-12,18,30H,5-9,13H2,1-4H3,(H,28,34). The van der Waals surface area contributed by atoms with Crippen LogP contribution in [0.2, 0.25) is 5.02 Å². The lowest BCUT2D eigenvalue weighted by Gasteiger charge is -2.18. The summed E-state index contributed by atoms with van der Waals surface area (Å²) in [6.45, 7) is 6.03. The van der Waals surface area contributed by atoms with E-state index in [2.05, 4.69) is 24.9 Å². The zero-order valence-corrected chi connectivity index (χ0v) is 27.4. The molecule has 1 aromatic carbocycles. The number of carbonyl (C=O) groups is 2. The smallest absolute Gasteiger partial charge is 0.311 e. The number of ether oxygens (including phenoxy) is 1. The summed E-state index contributed by atoms with van der Waals surface area (Å²) >= 11 is 6.93. The lowest BCUT2D eigenvalue weighted by Crippen LogP contribution is -2.24. The summed E-state index contributed by atoms with van der Waals surface area (Å²) in [4.78, 5) is 55.0. The van der Waals surface area contributed by atoms with Crippen LogP contribution in [-0.2, 0) is 24.5 Å². The fourth-order valence-corrected chi connectivity index (χ4v) is 6.87. The number of aromatic nitrogens is 1. The molecule has 46 heavy (non-hydrogen) atoms. The Bertz CT molecular complexity index is 1720. The number of aryl methyl sites for hydroxylation is 3. The Morgan fingerprint density at radius 2 is 1.83 bits per heavy atom. The molecule has 0 saturated heterocycles. The lowest BCUT2D eigenvalue weighted by atomic mass is 10.0. The number of hydrogen-bond donors (Lipinski definition) is 2. The molecule has 2 aromatic heterocycles. The van der Waals surface area contributed by atoms with Gasteiger partial charge in [0.15, 0.2) is 0 Å². The Labute approximate surface area is 271 Å². The highest BCUT2D eigenvalue weighted by molar-refractivity contribution is 7.93. The highest BCUT2D eigenvalue weighted by Crippen LogP contribution is 2.35. The molecule has 0 fully saturated rings. The number of amides is 1. The summed E-state index contributed by atoms with van der Waals surface area (Å²) in [5.41, 5.74) is 2.30. The second-order valence-electron chi connectivity index (χ2n) is 9.97. The van der Waals surface area contributed by atoms with Crippen LogP contribution in [-0.4, -0.2) is 48.3 Å². The Balaban J connectivity index is 1.64. The first kappa shape index (κ1) is 36.0. The minimum absolute atomic E-state index is 0.00124. The summed E-state index contributed by atoms with van der Waals surface area (Å²) in [6.07, 6.45) is 0.139. The Morgan fingerprint density at radius 1 is 1.11 bits per heavy atom. The highest BCUT2D eigenvalue weighted by Gasteiger charge is 2.28. The van der Waals surface area contributed by atoms with Gasteiger partial charge in [0.1, 0.15) is 38.9 Å². The van der Waals surface area contributed by atoms with E-state index in [4.69, 9.17) is 20.9 Å². The molecule has 1 amide bonds. The minimum atomic E-state index is -4.29. The maximum Gasteiger partial charge on any atom is 0.311 e. The van der Waals surface area contributed by atoms with Gasteiger partial charge >= 0.3 is 5.97 Å². The SMILES string of the molecule is Cc1cc(C)c(OC(=O)CCCCCC(CO[N+](=O)[O-])O[N+](=O)[O-])c(C)c1NC(=O)c1sccc1S(=O)(=O)Nc1onc(C)c1Cl. The molecule has 0 bridgehead atoms. The Hall–Kier alpha value is -4.49. The van der Waals surface area contributed by atoms with Crippen LogP contribution >= 0.6 is 22.9 Å². The predicted molar refractivity (Wildman–Crippen MR) is 164 cm³/mol. The van der Waals surface area contributed by atoms with Crippen molar-refractivity contribution in [1.82, 2.24) is 5.16 Å². The molecular formula is C26H30ClN5O12S2. The number of hydrogen-bond acceptors (Lipinski definition) is 14. The molecule has 0 spiro atoms. The molecule has 0 aliphatic rings. The van der Waals surface area contributed by atoms with Gasteiger partial charge in [0.2, 0.25) is 0 Å². The number of thiophene rings is 1. The van der Waals surface area contributed by atoms with Crippen molar-refractivity contribution >= 4 is 56.4 Å². The second-order valence-corrected chi connectivity index (χ2v) is 12.9. The predicted octanol–water partition coefficient (Wildman–Crippen LogP) is 5.32. The fraction of sp³-hybridized carbons (Fsp3) is 0.423. The third-order valence-electron chi connectivity index (χ3n) is 6.51. The van der Waals surface area contributed by atoms with Crippen LogP contribution in [0.3, 0.4) is 0 Å². The topological polar surface area (TPSA) is 232 Å². The summed E-state index contributed by atoms with van der Waals surface area (Å²) in [7, 11) is -4.29. The van der Waals surface area contributed by atoms with E-state index >= 15 is 0 Å². The first-order valence-corrected chi connectivity index (χ1v) is 16.3. The molecule has 3 rings (SSSR count). The van der Waals surface area contributed by atoms with E-state index in [1.54, 1.807) is 26.8 Å². The number of halogens is 1. The van der Waals surface area contributed by atoms with Gasteiger partial charge in [-0.25, -0.2) is 13.1 Å². The van der Waals surface area contributed by atoms with Crippen molar-refractivity contribution in [2.75, 3.05) is 16.6 Å². The van der Waals surface area contributed by atoms with Crippen molar-refractivity contribution in [2.45, 2.75) is 70.8 Å². The maximum absolute atomic E-state index is 13.3. The third kappa shape index (κ3) is 9.51. The normalized spacial score (nSPS) is 11.8. The molecule has 1 atom stereocenters. The number of esters is 1. The van der Waals surface area contributed by atoms with E-state index in [9.17, 15) is 38.2 Å². The first-order chi connectivity index (χ1) is 21.6. The highest BCUT2D eigenvalue weighted by atomic mass is 35.5. The van der Waals surface area contributed by atoms with Gasteiger partial charge in [-0.2, -0.15) is 0 Å². The Morgan fingerprint density at radius 3 is 2.46 bits per heavy atom. The zero-order chi connectivity index (χ0) is 34.2. The van der Waals surface area contributed by atoms with Crippen LogP contribution in [0.5, 0.6) is 5.75 Å². The average Bonchev–Trinajstić information content (AvgIpc) is 3.59. The monoisotopic (exact) mass is 703 g/mol. The number of unbranched alkanes of at least 4 members (excludes halogenated alkanes) is 2. The third-order valence-corrected chi connectivity index (χ3v) is 9.37. The zero-order valence-electron chi connectivity index (χ0n) is 25.0.